The molecule has 6 heteroatoms. The molecule has 1 unspecified atom stereocenters. The first-order valence-electron chi connectivity index (χ1n) is 6.87. The van der Waals surface area contributed by atoms with E-state index < -0.39 is 0 Å². The highest BCUT2D eigenvalue weighted by Gasteiger charge is 2.12. The van der Waals surface area contributed by atoms with E-state index in [0.29, 0.717) is 12.1 Å². The number of carbonyl (C=O) groups excluding carboxylic acids is 1. The number of nitrogens with zero attached hydrogens (tertiary/aromatic N) is 2. The van der Waals surface area contributed by atoms with E-state index in [-0.39, 0.29) is 23.5 Å². The topological polar surface area (TPSA) is 72.9 Å². The van der Waals surface area contributed by atoms with Crippen molar-refractivity contribution in [2.24, 2.45) is 5.73 Å². The molecule has 5 nitrogen and oxygen atoms in total. The summed E-state index contributed by atoms with van der Waals surface area (Å²) in [6, 6.07) is 6.51. The molecule has 112 valence electrons. The zero-order valence-electron chi connectivity index (χ0n) is 12.1. The van der Waals surface area contributed by atoms with Crippen LogP contribution in [0.2, 0.25) is 0 Å². The van der Waals surface area contributed by atoms with Crippen LogP contribution in [0.5, 0.6) is 0 Å². The van der Waals surface area contributed by atoms with Gasteiger partial charge >= 0.3 is 0 Å². The van der Waals surface area contributed by atoms with Gasteiger partial charge in [-0.25, -0.2) is 9.07 Å². The first-order valence-corrected chi connectivity index (χ1v) is 6.87. The predicted molar refractivity (Wildman–Crippen MR) is 78.9 cm³/mol. The standard InChI is InChI=1S/C15H19FN4O/c1-3-11(17)8-10-4-5-14(12(16)9-10)20-7-6-13(19-20)15(21)18-2/h4-7,9,11H,3,8,17H2,1-2H3,(H,18,21). The molecule has 2 aromatic rings. The van der Waals surface area contributed by atoms with Crippen molar-refractivity contribution in [3.63, 3.8) is 0 Å². The molecule has 0 aliphatic heterocycles. The quantitative estimate of drug-likeness (QED) is 0.879. The maximum atomic E-state index is 14.2. The van der Waals surface area contributed by atoms with Crippen LogP contribution in [0.1, 0.15) is 29.4 Å². The Morgan fingerprint density at radius 1 is 1.48 bits per heavy atom. The fourth-order valence-electron chi connectivity index (χ4n) is 2.02. The lowest BCUT2D eigenvalue weighted by atomic mass is 10.0. The van der Waals surface area contributed by atoms with Crippen molar-refractivity contribution in [1.29, 1.82) is 0 Å². The molecule has 1 atom stereocenters. The van der Waals surface area contributed by atoms with Gasteiger partial charge in [-0.1, -0.05) is 13.0 Å². The number of nitrogens with one attached hydrogen (secondary N) is 1. The highest BCUT2D eigenvalue weighted by Crippen LogP contribution is 2.16. The summed E-state index contributed by atoms with van der Waals surface area (Å²) in [6.45, 7) is 2.00. The van der Waals surface area contributed by atoms with Crippen LogP contribution in [-0.2, 0) is 6.42 Å². The summed E-state index contributed by atoms with van der Waals surface area (Å²) in [7, 11) is 1.52. The van der Waals surface area contributed by atoms with E-state index >= 15 is 0 Å². The van der Waals surface area contributed by atoms with Crippen molar-refractivity contribution < 1.29 is 9.18 Å². The molecule has 0 bridgehead atoms. The zero-order chi connectivity index (χ0) is 15.4. The third-order valence-electron chi connectivity index (χ3n) is 3.33. The van der Waals surface area contributed by atoms with Crippen LogP contribution >= 0.6 is 0 Å². The second kappa shape index (κ2) is 6.49. The normalized spacial score (nSPS) is 12.2. The first-order chi connectivity index (χ1) is 10.0. The van der Waals surface area contributed by atoms with E-state index in [0.717, 1.165) is 12.0 Å². The van der Waals surface area contributed by atoms with Gasteiger partial charge in [0, 0.05) is 19.3 Å². The van der Waals surface area contributed by atoms with Gasteiger partial charge in [0.1, 0.15) is 11.5 Å². The third kappa shape index (κ3) is 3.46. The summed E-state index contributed by atoms with van der Waals surface area (Å²) in [4.78, 5) is 11.5. The van der Waals surface area contributed by atoms with Crippen molar-refractivity contribution in [3.8, 4) is 5.69 Å². The molecule has 2 rings (SSSR count). The van der Waals surface area contributed by atoms with Gasteiger partial charge in [0.25, 0.3) is 5.91 Å². The molecule has 0 radical (unpaired) electrons. The van der Waals surface area contributed by atoms with Gasteiger partial charge in [-0.3, -0.25) is 4.79 Å². The van der Waals surface area contributed by atoms with Crippen LogP contribution in [0, 0.1) is 5.82 Å². The van der Waals surface area contributed by atoms with Gasteiger partial charge < -0.3 is 11.1 Å². The monoisotopic (exact) mass is 290 g/mol. The van der Waals surface area contributed by atoms with Gasteiger partial charge in [0.15, 0.2) is 5.69 Å². The smallest absolute Gasteiger partial charge is 0.271 e. The lowest BCUT2D eigenvalue weighted by molar-refractivity contribution is 0.0957. The number of benzene rings is 1. The minimum Gasteiger partial charge on any atom is -0.354 e. The first kappa shape index (κ1) is 15.2. The molecule has 0 aliphatic rings. The maximum absolute atomic E-state index is 14.2. The Labute approximate surface area is 123 Å². The molecule has 21 heavy (non-hydrogen) atoms. The van der Waals surface area contributed by atoms with E-state index in [1.54, 1.807) is 18.3 Å². The Bertz CT molecular complexity index is 638. The van der Waals surface area contributed by atoms with Crippen LogP contribution in [0.4, 0.5) is 4.39 Å². The molecule has 3 N–H and O–H groups in total. The number of amides is 1. The number of carbonyl (C=O) groups is 1. The second-order valence-electron chi connectivity index (χ2n) is 4.88. The van der Waals surface area contributed by atoms with E-state index in [1.165, 1.54) is 17.8 Å². The zero-order valence-corrected chi connectivity index (χ0v) is 12.1. The average molecular weight is 290 g/mol. The summed E-state index contributed by atoms with van der Waals surface area (Å²) in [6.07, 6.45) is 3.04. The molecule has 1 amide bonds. The Morgan fingerprint density at radius 2 is 2.24 bits per heavy atom. The van der Waals surface area contributed by atoms with Crippen molar-refractivity contribution in [2.45, 2.75) is 25.8 Å². The Balaban J connectivity index is 2.24. The predicted octanol–water partition coefficient (Wildman–Crippen LogP) is 1.65. The molecule has 0 aliphatic carbocycles. The molecule has 0 saturated heterocycles. The van der Waals surface area contributed by atoms with Gasteiger partial charge in [0.05, 0.1) is 0 Å². The Kier molecular flexibility index (Phi) is 4.70. The summed E-state index contributed by atoms with van der Waals surface area (Å²) in [5.41, 5.74) is 7.27. The van der Waals surface area contributed by atoms with Gasteiger partial charge in [-0.2, -0.15) is 5.10 Å². The molecule has 0 fully saturated rings. The third-order valence-corrected chi connectivity index (χ3v) is 3.33. The molecule has 1 aromatic heterocycles. The largest absolute Gasteiger partial charge is 0.354 e. The Hall–Kier alpha value is -2.21. The van der Waals surface area contributed by atoms with Crippen molar-refractivity contribution in [1.82, 2.24) is 15.1 Å². The summed E-state index contributed by atoms with van der Waals surface area (Å²) >= 11 is 0. The molecule has 1 aromatic carbocycles. The number of halogens is 1. The van der Waals surface area contributed by atoms with Crippen LogP contribution in [0.15, 0.2) is 30.5 Å². The van der Waals surface area contributed by atoms with E-state index in [4.69, 9.17) is 5.73 Å². The minimum atomic E-state index is -0.387. The van der Waals surface area contributed by atoms with Crippen LogP contribution in [0.3, 0.4) is 0 Å². The van der Waals surface area contributed by atoms with Crippen LogP contribution in [0.25, 0.3) is 5.69 Å². The van der Waals surface area contributed by atoms with Crippen LogP contribution in [-0.4, -0.2) is 28.8 Å². The maximum Gasteiger partial charge on any atom is 0.271 e. The molecule has 0 spiro atoms. The minimum absolute atomic E-state index is 0.0276. The SMILES string of the molecule is CCC(N)Cc1ccc(-n2ccc(C(=O)NC)n2)c(F)c1. The number of hydrogen-bond acceptors (Lipinski definition) is 3. The lowest BCUT2D eigenvalue weighted by Gasteiger charge is -2.10. The highest BCUT2D eigenvalue weighted by atomic mass is 19.1. The van der Waals surface area contributed by atoms with Crippen molar-refractivity contribution in [2.75, 3.05) is 7.05 Å². The molecular weight excluding hydrogens is 271 g/mol. The summed E-state index contributed by atoms with van der Waals surface area (Å²) < 4.78 is 15.5. The number of nitrogens with two attached hydrogens (primary N) is 1. The number of aromatic nitrogens is 2. The van der Waals surface area contributed by atoms with Crippen molar-refractivity contribution >= 4 is 5.91 Å². The highest BCUT2D eigenvalue weighted by molar-refractivity contribution is 5.91. The van der Waals surface area contributed by atoms with Gasteiger partial charge in [-0.15, -0.1) is 0 Å². The van der Waals surface area contributed by atoms with Crippen molar-refractivity contribution in [3.05, 3.63) is 47.5 Å². The molecular formula is C15H19FN4O. The van der Waals surface area contributed by atoms with E-state index in [9.17, 15) is 9.18 Å². The molecule has 1 heterocycles. The summed E-state index contributed by atoms with van der Waals surface area (Å²) in [5, 5.41) is 6.53. The lowest BCUT2D eigenvalue weighted by Crippen LogP contribution is -2.21. The van der Waals surface area contributed by atoms with Crippen LogP contribution < -0.4 is 11.1 Å². The molecule has 0 saturated carbocycles. The van der Waals surface area contributed by atoms with E-state index in [1.807, 2.05) is 13.0 Å². The van der Waals surface area contributed by atoms with Gasteiger partial charge in [-0.05, 0) is 36.6 Å². The second-order valence-corrected chi connectivity index (χ2v) is 4.88. The average Bonchev–Trinajstić information content (AvgIpc) is 2.96. The number of rotatable bonds is 5. The number of hydrogen-bond donors (Lipinski definition) is 2. The van der Waals surface area contributed by atoms with Gasteiger partial charge in [0.2, 0.25) is 0 Å². The summed E-state index contributed by atoms with van der Waals surface area (Å²) in [5.74, 6) is -0.693. The Morgan fingerprint density at radius 3 is 2.86 bits per heavy atom. The van der Waals surface area contributed by atoms with E-state index in [2.05, 4.69) is 10.4 Å². The fourth-order valence-corrected chi connectivity index (χ4v) is 2.02. The fraction of sp³-hybridized carbons (Fsp3) is 0.333.